The van der Waals surface area contributed by atoms with E-state index < -0.39 is 5.91 Å². The van der Waals surface area contributed by atoms with E-state index in [1.807, 2.05) is 17.0 Å². The summed E-state index contributed by atoms with van der Waals surface area (Å²) in [6.07, 6.45) is 0.778. The molecule has 3 aromatic carbocycles. The zero-order valence-electron chi connectivity index (χ0n) is 18.0. The molecule has 2 heterocycles. The molecular formula is C26H24N4O3. The van der Waals surface area contributed by atoms with Gasteiger partial charge in [-0.25, -0.2) is 10.3 Å². The maximum absolute atomic E-state index is 13.0. The van der Waals surface area contributed by atoms with E-state index in [2.05, 4.69) is 52.3 Å². The van der Waals surface area contributed by atoms with Crippen molar-refractivity contribution in [1.82, 2.24) is 14.9 Å². The van der Waals surface area contributed by atoms with E-state index in [0.29, 0.717) is 24.3 Å². The third-order valence-corrected chi connectivity index (χ3v) is 6.13. The number of fused-ring (bicyclic) bond motifs is 3. The number of hydroxylamine groups is 1. The molecular weight excluding hydrogens is 416 g/mol. The average molecular weight is 441 g/mol. The molecule has 33 heavy (non-hydrogen) atoms. The molecule has 0 radical (unpaired) electrons. The van der Waals surface area contributed by atoms with Gasteiger partial charge in [-0.3, -0.25) is 10.0 Å². The molecule has 1 aromatic heterocycles. The molecule has 4 aromatic rings. The van der Waals surface area contributed by atoms with Crippen molar-refractivity contribution >= 4 is 28.5 Å². The van der Waals surface area contributed by atoms with Crippen LogP contribution in [-0.2, 0) is 19.5 Å². The molecule has 0 spiro atoms. The maximum atomic E-state index is 13.0. The minimum Gasteiger partial charge on any atom is -0.340 e. The van der Waals surface area contributed by atoms with E-state index in [4.69, 9.17) is 5.21 Å². The van der Waals surface area contributed by atoms with Gasteiger partial charge in [0.15, 0.2) is 0 Å². The van der Waals surface area contributed by atoms with Gasteiger partial charge in [-0.15, -0.1) is 0 Å². The summed E-state index contributed by atoms with van der Waals surface area (Å²) in [7, 11) is 0. The second-order valence-electron chi connectivity index (χ2n) is 8.13. The van der Waals surface area contributed by atoms with E-state index in [9.17, 15) is 9.59 Å². The summed E-state index contributed by atoms with van der Waals surface area (Å²) in [4.78, 5) is 26.3. The molecule has 7 nitrogen and oxygen atoms in total. The second-order valence-corrected chi connectivity index (χ2v) is 8.13. The summed E-state index contributed by atoms with van der Waals surface area (Å²) in [6, 6.07) is 25.0. The van der Waals surface area contributed by atoms with Crippen LogP contribution in [0.5, 0.6) is 0 Å². The Bertz CT molecular complexity index is 1310. The fraction of sp³-hybridized carbons (Fsp3) is 0.154. The number of hydrogen-bond acceptors (Lipinski definition) is 3. The number of carbonyl (C=O) groups excluding carboxylic acids is 2. The molecule has 5 rings (SSSR count). The lowest BCUT2D eigenvalue weighted by Crippen LogP contribution is -2.39. The number of anilines is 1. The Morgan fingerprint density at radius 1 is 0.909 bits per heavy atom. The molecule has 0 unspecified atom stereocenters. The smallest absolute Gasteiger partial charge is 0.322 e. The summed E-state index contributed by atoms with van der Waals surface area (Å²) in [5, 5.41) is 12.8. The van der Waals surface area contributed by atoms with E-state index in [1.54, 1.807) is 29.7 Å². The highest BCUT2D eigenvalue weighted by Crippen LogP contribution is 2.32. The van der Waals surface area contributed by atoms with Gasteiger partial charge >= 0.3 is 6.03 Å². The van der Waals surface area contributed by atoms with E-state index in [1.165, 1.54) is 27.7 Å². The standard InChI is InChI=1S/C26H24N4O3/c31-25(28-33)19-10-12-20(13-11-19)27-26(32)29-15-14-24-22(17-29)21-8-4-5-9-23(21)30(24)16-18-6-2-1-3-7-18/h1-13,33H,14-17H2,(H,27,32)(H,28,31). The van der Waals surface area contributed by atoms with Crippen molar-refractivity contribution in [3.8, 4) is 0 Å². The molecule has 3 amide bonds. The number of benzene rings is 3. The molecule has 0 saturated heterocycles. The monoisotopic (exact) mass is 440 g/mol. The zero-order chi connectivity index (χ0) is 22.8. The lowest BCUT2D eigenvalue weighted by Gasteiger charge is -2.28. The SMILES string of the molecule is O=C(NO)c1ccc(NC(=O)N2CCc3c(c4ccccc4n3Cc3ccccc3)C2)cc1. The topological polar surface area (TPSA) is 86.6 Å². The molecule has 0 fully saturated rings. The summed E-state index contributed by atoms with van der Waals surface area (Å²) in [6.45, 7) is 1.96. The molecule has 0 bridgehead atoms. The van der Waals surface area contributed by atoms with Crippen LogP contribution >= 0.6 is 0 Å². The zero-order valence-corrected chi connectivity index (χ0v) is 18.0. The minimum atomic E-state index is -0.594. The number of carbonyl (C=O) groups is 2. The Kier molecular flexibility index (Phi) is 5.54. The largest absolute Gasteiger partial charge is 0.340 e. The Morgan fingerprint density at radius 2 is 1.64 bits per heavy atom. The molecule has 0 saturated carbocycles. The van der Waals surface area contributed by atoms with Gasteiger partial charge in [0.2, 0.25) is 0 Å². The van der Waals surface area contributed by atoms with Crippen LogP contribution in [0.15, 0.2) is 78.9 Å². The summed E-state index contributed by atoms with van der Waals surface area (Å²) < 4.78 is 2.38. The first-order valence-electron chi connectivity index (χ1n) is 10.9. The van der Waals surface area contributed by atoms with Crippen LogP contribution in [0.2, 0.25) is 0 Å². The first kappa shape index (κ1) is 20.8. The van der Waals surface area contributed by atoms with Crippen molar-refractivity contribution in [2.45, 2.75) is 19.5 Å². The normalized spacial score (nSPS) is 12.9. The van der Waals surface area contributed by atoms with Gasteiger partial charge in [0.1, 0.15) is 0 Å². The van der Waals surface area contributed by atoms with Crippen LogP contribution in [0.1, 0.15) is 27.2 Å². The first-order valence-corrected chi connectivity index (χ1v) is 10.9. The maximum Gasteiger partial charge on any atom is 0.322 e. The quantitative estimate of drug-likeness (QED) is 0.325. The highest BCUT2D eigenvalue weighted by Gasteiger charge is 2.26. The summed E-state index contributed by atoms with van der Waals surface area (Å²) in [5.74, 6) is -0.594. The fourth-order valence-corrected chi connectivity index (χ4v) is 4.49. The molecule has 0 atom stereocenters. The molecule has 1 aliphatic rings. The van der Waals surface area contributed by atoms with Crippen LogP contribution in [0, 0.1) is 0 Å². The predicted molar refractivity (Wildman–Crippen MR) is 126 cm³/mol. The van der Waals surface area contributed by atoms with E-state index >= 15 is 0 Å². The summed E-state index contributed by atoms with van der Waals surface area (Å²) >= 11 is 0. The summed E-state index contributed by atoms with van der Waals surface area (Å²) in [5.41, 5.74) is 7.41. The molecule has 166 valence electrons. The second kappa shape index (κ2) is 8.80. The van der Waals surface area contributed by atoms with Crippen LogP contribution in [0.4, 0.5) is 10.5 Å². The third-order valence-electron chi connectivity index (χ3n) is 6.13. The Morgan fingerprint density at radius 3 is 2.39 bits per heavy atom. The molecule has 3 N–H and O–H groups in total. The van der Waals surface area contributed by atoms with Gasteiger partial charge in [-0.1, -0.05) is 48.5 Å². The van der Waals surface area contributed by atoms with Gasteiger partial charge in [0.05, 0.1) is 0 Å². The third kappa shape index (κ3) is 4.06. The van der Waals surface area contributed by atoms with Gasteiger partial charge in [0.25, 0.3) is 5.91 Å². The molecule has 0 aliphatic carbocycles. The number of rotatable bonds is 4. The van der Waals surface area contributed by atoms with Crippen LogP contribution in [0.25, 0.3) is 10.9 Å². The first-order chi connectivity index (χ1) is 16.1. The van der Waals surface area contributed by atoms with Gasteiger partial charge < -0.3 is 14.8 Å². The predicted octanol–water partition coefficient (Wildman–Crippen LogP) is 4.40. The molecule has 1 aliphatic heterocycles. The highest BCUT2D eigenvalue weighted by atomic mass is 16.5. The number of aromatic nitrogens is 1. The van der Waals surface area contributed by atoms with Crippen molar-refractivity contribution in [3.63, 3.8) is 0 Å². The van der Waals surface area contributed by atoms with Gasteiger partial charge in [0, 0.05) is 59.5 Å². The number of para-hydroxylation sites is 1. The number of amides is 3. The minimum absolute atomic E-state index is 0.181. The molecule has 7 heteroatoms. The average Bonchev–Trinajstić information content (AvgIpc) is 3.17. The van der Waals surface area contributed by atoms with Gasteiger partial charge in [-0.2, -0.15) is 0 Å². The van der Waals surface area contributed by atoms with E-state index in [0.717, 1.165) is 13.0 Å². The lowest BCUT2D eigenvalue weighted by atomic mass is 10.0. The van der Waals surface area contributed by atoms with Crippen molar-refractivity contribution < 1.29 is 14.8 Å². The fourth-order valence-electron chi connectivity index (χ4n) is 4.49. The van der Waals surface area contributed by atoms with Gasteiger partial charge in [-0.05, 0) is 35.9 Å². The Labute approximate surface area is 191 Å². The number of hydrogen-bond donors (Lipinski definition) is 3. The highest BCUT2D eigenvalue weighted by molar-refractivity contribution is 5.95. The van der Waals surface area contributed by atoms with Crippen molar-refractivity contribution in [1.29, 1.82) is 0 Å². The van der Waals surface area contributed by atoms with Crippen molar-refractivity contribution in [2.75, 3.05) is 11.9 Å². The van der Waals surface area contributed by atoms with Crippen molar-refractivity contribution in [2.24, 2.45) is 0 Å². The van der Waals surface area contributed by atoms with Crippen LogP contribution < -0.4 is 10.8 Å². The number of urea groups is 1. The Hall–Kier alpha value is -4.10. The Balaban J connectivity index is 1.38. The lowest BCUT2D eigenvalue weighted by molar-refractivity contribution is 0.0706. The van der Waals surface area contributed by atoms with Crippen molar-refractivity contribution in [3.05, 3.63) is 101 Å². The van der Waals surface area contributed by atoms with Crippen LogP contribution in [-0.4, -0.2) is 33.2 Å². The number of nitrogens with one attached hydrogen (secondary N) is 2. The van der Waals surface area contributed by atoms with Crippen LogP contribution in [0.3, 0.4) is 0 Å². The number of nitrogens with zero attached hydrogens (tertiary/aromatic N) is 2. The van der Waals surface area contributed by atoms with E-state index in [-0.39, 0.29) is 6.03 Å².